The standard InChI is InChI=1S/C52H68N8O12/c1-10-37-49(66)56-38(21-20-28(2)24-29(3)42(72-9)25-34-16-12-11-13-17-34)30(4)45(62)57-40(51(68)69)22-23-43(61)60(8)33(7)48(65)54-32(6)47(64)58-41(26-35-27-53-39-19-15-14-18-36(35)39)50(67)59-44(52(70)71)31(5)46(63)55-37/h11-21,24,27,29-32,37-38,40-42,44,53H,7,10,22-23,25-26H2,1-6,8-9H3,(H,54,65)(H,55,63)(H,56,66)(H,57,62)(H,58,64)(H,59,67)(H,68,69)(H,70,71). The monoisotopic (exact) mass is 996 g/mol. The number of fused-ring (bicyclic) bond motifs is 1. The highest BCUT2D eigenvalue weighted by molar-refractivity contribution is 6.00. The number of aromatic nitrogens is 1. The number of amides is 7. The van der Waals surface area contributed by atoms with E-state index in [9.17, 15) is 53.4 Å². The Bertz CT molecular complexity index is 2540. The summed E-state index contributed by atoms with van der Waals surface area (Å²) in [4.78, 5) is 126. The predicted molar refractivity (Wildman–Crippen MR) is 267 cm³/mol. The molecule has 1 saturated heterocycles. The lowest BCUT2D eigenvalue weighted by Gasteiger charge is -2.28. The molecule has 9 N–H and O–H groups in total. The number of ether oxygens (including phenoxy) is 1. The minimum atomic E-state index is -1.88. The predicted octanol–water partition coefficient (Wildman–Crippen LogP) is 2.65. The van der Waals surface area contributed by atoms with E-state index in [1.807, 2.05) is 50.3 Å². The lowest BCUT2D eigenvalue weighted by Crippen LogP contribution is -2.59. The van der Waals surface area contributed by atoms with Crippen molar-refractivity contribution in [3.63, 3.8) is 0 Å². The number of rotatable bonds is 12. The Balaban J connectivity index is 1.71. The van der Waals surface area contributed by atoms with Crippen LogP contribution in [-0.4, -0.2) is 130 Å². The number of carbonyl (C=O) groups is 9. The quantitative estimate of drug-likeness (QED) is 0.0936. The zero-order valence-electron chi connectivity index (χ0n) is 41.9. The number of nitrogens with zero attached hydrogens (tertiary/aromatic N) is 1. The van der Waals surface area contributed by atoms with Gasteiger partial charge in [0.1, 0.15) is 35.9 Å². The van der Waals surface area contributed by atoms with Gasteiger partial charge in [-0.25, -0.2) is 9.59 Å². The zero-order valence-corrected chi connectivity index (χ0v) is 41.9. The summed E-state index contributed by atoms with van der Waals surface area (Å²) in [7, 11) is 2.84. The molecule has 0 spiro atoms. The van der Waals surface area contributed by atoms with Crippen molar-refractivity contribution in [2.75, 3.05) is 14.2 Å². The maximum Gasteiger partial charge on any atom is 0.327 e. The number of benzene rings is 2. The van der Waals surface area contributed by atoms with Gasteiger partial charge in [-0.05, 0) is 50.3 Å². The molecule has 7 amide bonds. The number of carboxylic acid groups (broad SMARTS) is 2. The summed E-state index contributed by atoms with van der Waals surface area (Å²) in [5.41, 5.74) is 2.68. The average Bonchev–Trinajstić information content (AvgIpc) is 3.76. The van der Waals surface area contributed by atoms with Crippen molar-refractivity contribution in [1.82, 2.24) is 41.8 Å². The molecule has 1 aliphatic rings. The molecule has 2 aromatic carbocycles. The topological polar surface area (TPSA) is 295 Å². The Morgan fingerprint density at radius 3 is 2.07 bits per heavy atom. The van der Waals surface area contributed by atoms with E-state index in [0.29, 0.717) is 22.9 Å². The summed E-state index contributed by atoms with van der Waals surface area (Å²) in [6.07, 6.45) is 6.17. The normalized spacial score (nSPS) is 25.2. The van der Waals surface area contributed by atoms with Gasteiger partial charge in [0.25, 0.3) is 5.91 Å². The first kappa shape index (κ1) is 57.0. The Labute approximate surface area is 418 Å². The fourth-order valence-electron chi connectivity index (χ4n) is 8.06. The molecule has 4 rings (SSSR count). The number of allylic oxidation sites excluding steroid dienone is 2. The molecule has 0 aliphatic carbocycles. The molecule has 10 atom stereocenters. The second-order valence-corrected chi connectivity index (χ2v) is 18.2. The van der Waals surface area contributed by atoms with E-state index in [2.05, 4.69) is 43.5 Å². The van der Waals surface area contributed by atoms with Crippen LogP contribution in [-0.2, 0) is 60.7 Å². The number of aliphatic carboxylic acids is 2. The number of methoxy groups -OCH3 is 1. The zero-order chi connectivity index (χ0) is 53.4. The summed E-state index contributed by atoms with van der Waals surface area (Å²) < 4.78 is 5.81. The highest BCUT2D eigenvalue weighted by Gasteiger charge is 2.37. The number of hydrogen-bond donors (Lipinski definition) is 9. The molecule has 20 heteroatoms. The van der Waals surface area contributed by atoms with Crippen molar-refractivity contribution in [2.45, 2.75) is 116 Å². The van der Waals surface area contributed by atoms with Crippen molar-refractivity contribution in [2.24, 2.45) is 17.8 Å². The van der Waals surface area contributed by atoms with Crippen LogP contribution in [0.15, 0.2) is 96.9 Å². The SMILES string of the molecule is C=C1C(=O)NC(C)C(=O)NC(Cc2c[nH]c3ccccc23)C(=O)NC(C(=O)O)C(C)C(=O)NC(CC)C(=O)NC(C=CC(C)=CC(C)C(Cc2ccccc2)OC)C(C)C(=O)NC(C(=O)O)CCC(=O)N1C. The summed E-state index contributed by atoms with van der Waals surface area (Å²) in [6, 6.07) is 8.21. The van der Waals surface area contributed by atoms with Gasteiger partial charge >= 0.3 is 11.9 Å². The van der Waals surface area contributed by atoms with Crippen molar-refractivity contribution in [1.29, 1.82) is 0 Å². The number of carbonyl (C=O) groups excluding carboxylic acids is 7. The van der Waals surface area contributed by atoms with Crippen LogP contribution in [0.3, 0.4) is 0 Å². The number of likely N-dealkylation sites (N-methyl/N-ethyl adjacent to an activating group) is 1. The van der Waals surface area contributed by atoms with Crippen LogP contribution in [0.4, 0.5) is 0 Å². The first-order chi connectivity index (χ1) is 34.1. The van der Waals surface area contributed by atoms with E-state index < -0.39 is 120 Å². The third-order valence-corrected chi connectivity index (χ3v) is 12.8. The first-order valence-corrected chi connectivity index (χ1v) is 23.8. The van der Waals surface area contributed by atoms with Crippen LogP contribution in [0, 0.1) is 17.8 Å². The Morgan fingerprint density at radius 1 is 0.806 bits per heavy atom. The average molecular weight is 997 g/mol. The largest absolute Gasteiger partial charge is 0.480 e. The fraction of sp³-hybridized carbons (Fsp3) is 0.442. The van der Waals surface area contributed by atoms with Crippen molar-refractivity contribution < 1.29 is 58.1 Å². The van der Waals surface area contributed by atoms with Crippen LogP contribution < -0.4 is 31.9 Å². The second-order valence-electron chi connectivity index (χ2n) is 18.2. The fourth-order valence-corrected chi connectivity index (χ4v) is 8.06. The Hall–Kier alpha value is -7.61. The third kappa shape index (κ3) is 15.7. The molecule has 388 valence electrons. The van der Waals surface area contributed by atoms with Gasteiger partial charge in [0.2, 0.25) is 35.4 Å². The van der Waals surface area contributed by atoms with Gasteiger partial charge in [-0.15, -0.1) is 0 Å². The lowest BCUT2D eigenvalue weighted by molar-refractivity contribution is -0.146. The number of H-pyrrole nitrogens is 1. The molecular formula is C52H68N8O12. The van der Waals surface area contributed by atoms with E-state index in [4.69, 9.17) is 4.74 Å². The number of nitrogens with one attached hydrogen (secondary N) is 7. The van der Waals surface area contributed by atoms with Gasteiger partial charge in [-0.2, -0.15) is 0 Å². The van der Waals surface area contributed by atoms with E-state index in [1.54, 1.807) is 56.6 Å². The van der Waals surface area contributed by atoms with Gasteiger partial charge in [-0.1, -0.05) is 107 Å². The Kier molecular flexibility index (Phi) is 21.0. The third-order valence-electron chi connectivity index (χ3n) is 12.8. The van der Waals surface area contributed by atoms with Gasteiger partial charge in [0, 0.05) is 50.0 Å². The molecule has 1 aliphatic heterocycles. The highest BCUT2D eigenvalue weighted by atomic mass is 16.5. The highest BCUT2D eigenvalue weighted by Crippen LogP contribution is 2.21. The minimum Gasteiger partial charge on any atom is -0.480 e. The van der Waals surface area contributed by atoms with Crippen molar-refractivity contribution >= 4 is 64.2 Å². The molecule has 1 fully saturated rings. The van der Waals surface area contributed by atoms with E-state index in [0.717, 1.165) is 16.0 Å². The van der Waals surface area contributed by atoms with Crippen LogP contribution in [0.2, 0.25) is 0 Å². The number of hydrogen-bond acceptors (Lipinski definition) is 10. The smallest absolute Gasteiger partial charge is 0.327 e. The van der Waals surface area contributed by atoms with Crippen LogP contribution in [0.1, 0.15) is 71.9 Å². The number of aromatic amines is 1. The number of para-hydroxylation sites is 1. The van der Waals surface area contributed by atoms with Crippen molar-refractivity contribution in [3.05, 3.63) is 108 Å². The van der Waals surface area contributed by atoms with E-state index >= 15 is 0 Å². The summed E-state index contributed by atoms with van der Waals surface area (Å²) in [5, 5.41) is 36.4. The van der Waals surface area contributed by atoms with Crippen LogP contribution >= 0.6 is 0 Å². The molecule has 0 radical (unpaired) electrons. The first-order valence-electron chi connectivity index (χ1n) is 23.8. The minimum absolute atomic E-state index is 0.00883. The molecule has 10 unspecified atom stereocenters. The second kappa shape index (κ2) is 26.6. The van der Waals surface area contributed by atoms with E-state index in [-0.39, 0.29) is 24.9 Å². The van der Waals surface area contributed by atoms with Crippen LogP contribution in [0.5, 0.6) is 0 Å². The lowest BCUT2D eigenvalue weighted by atomic mass is 9.94. The summed E-state index contributed by atoms with van der Waals surface area (Å²) in [6.45, 7) is 13.1. The number of carboxylic acids is 2. The molecular weight excluding hydrogens is 929 g/mol. The molecule has 3 aromatic rings. The Morgan fingerprint density at radius 2 is 1.43 bits per heavy atom. The molecule has 0 bridgehead atoms. The molecule has 2 heterocycles. The maximum atomic E-state index is 14.1. The van der Waals surface area contributed by atoms with Gasteiger partial charge < -0.3 is 56.7 Å². The molecule has 1 aromatic heterocycles. The summed E-state index contributed by atoms with van der Waals surface area (Å²) >= 11 is 0. The van der Waals surface area contributed by atoms with Gasteiger partial charge in [0.15, 0.2) is 0 Å². The molecule has 20 nitrogen and oxygen atoms in total. The van der Waals surface area contributed by atoms with E-state index in [1.165, 1.54) is 27.8 Å². The van der Waals surface area contributed by atoms with Crippen LogP contribution in [0.25, 0.3) is 10.9 Å². The van der Waals surface area contributed by atoms with Gasteiger partial charge in [-0.3, -0.25) is 33.6 Å². The maximum absolute atomic E-state index is 14.1. The van der Waals surface area contributed by atoms with Gasteiger partial charge in [0.05, 0.1) is 24.0 Å². The summed E-state index contributed by atoms with van der Waals surface area (Å²) in [5.74, 6) is -11.9. The molecule has 72 heavy (non-hydrogen) atoms. The van der Waals surface area contributed by atoms with Crippen molar-refractivity contribution in [3.8, 4) is 0 Å². The molecule has 0 saturated carbocycles.